The van der Waals surface area contributed by atoms with E-state index in [4.69, 9.17) is 5.11 Å². The summed E-state index contributed by atoms with van der Waals surface area (Å²) in [6.45, 7) is 2.18. The largest absolute Gasteiger partial charge is 0.553 e. The quantitative estimate of drug-likeness (QED) is 0.233. The number of rotatable bonds is 5. The van der Waals surface area contributed by atoms with Crippen molar-refractivity contribution in [2.24, 2.45) is 0 Å². The third kappa shape index (κ3) is 8.57. The number of ether oxygens (including phenoxy) is 1. The summed E-state index contributed by atoms with van der Waals surface area (Å²) in [6, 6.07) is 0. The highest BCUT2D eigenvalue weighted by Crippen LogP contribution is 1.92. The first-order valence-electron chi connectivity index (χ1n) is 3.57. The van der Waals surface area contributed by atoms with Gasteiger partial charge in [-0.15, -0.1) is 0 Å². The Labute approximate surface area is 74.0 Å². The molecule has 13 heavy (non-hydrogen) atoms. The van der Waals surface area contributed by atoms with E-state index in [0.29, 0.717) is 0 Å². The van der Waals surface area contributed by atoms with Crippen molar-refractivity contribution in [3.63, 3.8) is 0 Å². The van der Waals surface area contributed by atoms with Gasteiger partial charge in [-0.05, 0) is 11.5 Å². The van der Waals surface area contributed by atoms with Crippen LogP contribution in [0.5, 0.6) is 0 Å². The molecule has 1 N–H and O–H groups in total. The van der Waals surface area contributed by atoms with Crippen molar-refractivity contribution < 1.29 is 34.2 Å². The summed E-state index contributed by atoms with van der Waals surface area (Å²) < 4.78 is 3.51. The van der Waals surface area contributed by atoms with Crippen molar-refractivity contribution in [1.29, 1.82) is 0 Å². The third-order valence-electron chi connectivity index (χ3n) is 0.902. The van der Waals surface area contributed by atoms with Gasteiger partial charge >= 0.3 is 12.3 Å². The zero-order valence-electron chi connectivity index (χ0n) is 7.02. The Hall–Kier alpha value is -1.34. The van der Waals surface area contributed by atoms with E-state index in [-0.39, 0.29) is 6.61 Å². The van der Waals surface area contributed by atoms with E-state index in [2.05, 4.69) is 19.6 Å². The molecule has 0 radical (unpaired) electrons. The van der Waals surface area contributed by atoms with Crippen LogP contribution in [0.3, 0.4) is 0 Å². The van der Waals surface area contributed by atoms with E-state index < -0.39 is 12.3 Å². The van der Waals surface area contributed by atoms with Gasteiger partial charge in [0.15, 0.2) is 0 Å². The van der Waals surface area contributed by atoms with E-state index in [0.717, 1.165) is 12.8 Å². The smallest absolute Gasteiger partial charge is 0.449 e. The molecule has 0 rings (SSSR count). The molecule has 0 aromatic carbocycles. The number of hydrogen-bond donors (Lipinski definition) is 1. The maximum absolute atomic E-state index is 10.3. The SMILES string of the molecule is CCCCOOOC(=O)OC(=O)O. The highest BCUT2D eigenvalue weighted by Gasteiger charge is 2.10. The maximum atomic E-state index is 10.3. The highest BCUT2D eigenvalue weighted by atomic mass is 17.5. The van der Waals surface area contributed by atoms with Crippen LogP contribution in [0.25, 0.3) is 0 Å². The van der Waals surface area contributed by atoms with Crippen LogP contribution < -0.4 is 0 Å². The second-order valence-corrected chi connectivity index (χ2v) is 1.94. The van der Waals surface area contributed by atoms with Gasteiger partial charge in [-0.3, -0.25) is 0 Å². The molecule has 0 spiro atoms. The molecule has 0 saturated carbocycles. The number of carboxylic acid groups (broad SMARTS) is 1. The summed E-state index contributed by atoms with van der Waals surface area (Å²) in [7, 11) is 0. The standard InChI is InChI=1S/C6H10O7/c1-2-3-4-10-13-12-6(9)11-5(7)8/h2-4H2,1H3,(H,7,8). The molecule has 0 bridgehead atoms. The van der Waals surface area contributed by atoms with Crippen LogP contribution >= 0.6 is 0 Å². The average molecular weight is 194 g/mol. The number of carbonyl (C=O) groups excluding carboxylic acids is 1. The number of unbranched alkanes of at least 4 members (excludes halogenated alkanes) is 1. The molecule has 0 saturated heterocycles. The molecule has 0 aliphatic carbocycles. The minimum absolute atomic E-state index is 0.247. The van der Waals surface area contributed by atoms with E-state index in [9.17, 15) is 9.59 Å². The van der Waals surface area contributed by atoms with E-state index >= 15 is 0 Å². The van der Waals surface area contributed by atoms with Gasteiger partial charge in [0.05, 0.1) is 6.61 Å². The van der Waals surface area contributed by atoms with Gasteiger partial charge < -0.3 is 9.84 Å². The molecular weight excluding hydrogens is 184 g/mol. The minimum atomic E-state index is -1.78. The van der Waals surface area contributed by atoms with Crippen LogP contribution in [0, 0.1) is 0 Å². The average Bonchev–Trinajstić information content (AvgIpc) is 2.02. The summed E-state index contributed by atoms with van der Waals surface area (Å²) >= 11 is 0. The van der Waals surface area contributed by atoms with Gasteiger partial charge in [-0.2, -0.15) is 9.68 Å². The molecule has 76 valence electrons. The van der Waals surface area contributed by atoms with Gasteiger partial charge in [0.25, 0.3) is 0 Å². The molecule has 0 aromatic heterocycles. The topological polar surface area (TPSA) is 91.3 Å². The molecule has 0 fully saturated rings. The Morgan fingerprint density at radius 1 is 1.38 bits per heavy atom. The fourth-order valence-electron chi connectivity index (χ4n) is 0.377. The first-order chi connectivity index (χ1) is 6.16. The summed E-state index contributed by atoms with van der Waals surface area (Å²) in [5.41, 5.74) is 0. The third-order valence-corrected chi connectivity index (χ3v) is 0.902. The lowest BCUT2D eigenvalue weighted by molar-refractivity contribution is -0.485. The minimum Gasteiger partial charge on any atom is -0.449 e. The van der Waals surface area contributed by atoms with Crippen molar-refractivity contribution in [3.8, 4) is 0 Å². The van der Waals surface area contributed by atoms with Crippen LogP contribution in [0.2, 0.25) is 0 Å². The predicted molar refractivity (Wildman–Crippen MR) is 37.5 cm³/mol. The van der Waals surface area contributed by atoms with Crippen LogP contribution in [0.1, 0.15) is 19.8 Å². The molecule has 0 aliphatic heterocycles. The van der Waals surface area contributed by atoms with Crippen molar-refractivity contribution in [2.75, 3.05) is 6.61 Å². The van der Waals surface area contributed by atoms with Crippen molar-refractivity contribution in [3.05, 3.63) is 0 Å². The monoisotopic (exact) mass is 194 g/mol. The molecule has 0 amide bonds. The molecule has 0 aromatic rings. The Morgan fingerprint density at radius 2 is 2.08 bits per heavy atom. The van der Waals surface area contributed by atoms with Crippen LogP contribution in [-0.2, 0) is 19.6 Å². The summed E-state index contributed by atoms with van der Waals surface area (Å²) in [5.74, 6) is 0. The molecular formula is C6H10O7. The fraction of sp³-hybridized carbons (Fsp3) is 0.667. The van der Waals surface area contributed by atoms with Gasteiger partial charge in [-0.25, -0.2) is 9.68 Å². The summed E-state index contributed by atoms with van der Waals surface area (Å²) in [5, 5.41) is 11.8. The molecule has 0 aliphatic rings. The van der Waals surface area contributed by atoms with Crippen molar-refractivity contribution in [2.45, 2.75) is 19.8 Å². The van der Waals surface area contributed by atoms with E-state index in [1.54, 1.807) is 0 Å². The van der Waals surface area contributed by atoms with Gasteiger partial charge in [0, 0.05) is 0 Å². The lowest BCUT2D eigenvalue weighted by Gasteiger charge is -1.99. The normalized spacial score (nSPS) is 9.31. The van der Waals surface area contributed by atoms with Crippen molar-refractivity contribution >= 4 is 12.3 Å². The first kappa shape index (κ1) is 11.7. The first-order valence-corrected chi connectivity index (χ1v) is 3.57. The zero-order valence-corrected chi connectivity index (χ0v) is 7.02. The number of hydrogen-bond acceptors (Lipinski definition) is 6. The van der Waals surface area contributed by atoms with Crippen LogP contribution in [0.4, 0.5) is 9.59 Å². The zero-order chi connectivity index (χ0) is 10.1. The van der Waals surface area contributed by atoms with Crippen LogP contribution in [-0.4, -0.2) is 24.0 Å². The van der Waals surface area contributed by atoms with Gasteiger partial charge in [-0.1, -0.05) is 13.3 Å². The fourth-order valence-corrected chi connectivity index (χ4v) is 0.377. The Kier molecular flexibility index (Phi) is 6.56. The second kappa shape index (κ2) is 7.32. The van der Waals surface area contributed by atoms with E-state index in [1.807, 2.05) is 6.92 Å². The van der Waals surface area contributed by atoms with E-state index in [1.165, 1.54) is 0 Å². The number of carbonyl (C=O) groups is 2. The Bertz CT molecular complexity index is 166. The maximum Gasteiger partial charge on any atom is 0.553 e. The van der Waals surface area contributed by atoms with Gasteiger partial charge in [0.2, 0.25) is 0 Å². The van der Waals surface area contributed by atoms with Crippen molar-refractivity contribution in [1.82, 2.24) is 0 Å². The molecule has 7 nitrogen and oxygen atoms in total. The summed E-state index contributed by atoms with van der Waals surface area (Å²) in [6.07, 6.45) is -1.65. The molecule has 0 heterocycles. The Morgan fingerprint density at radius 3 is 2.62 bits per heavy atom. The van der Waals surface area contributed by atoms with Crippen LogP contribution in [0.15, 0.2) is 0 Å². The molecule has 0 atom stereocenters. The molecule has 7 heteroatoms. The lowest BCUT2D eigenvalue weighted by atomic mass is 10.4. The van der Waals surface area contributed by atoms with Gasteiger partial charge in [0.1, 0.15) is 0 Å². The predicted octanol–water partition coefficient (Wildman–Crippen LogP) is 1.48. The highest BCUT2D eigenvalue weighted by molar-refractivity contribution is 5.75. The Balaban J connectivity index is 3.22. The summed E-state index contributed by atoms with van der Waals surface area (Å²) in [4.78, 5) is 28.0. The molecule has 0 unspecified atom stereocenters. The second-order valence-electron chi connectivity index (χ2n) is 1.94. The lowest BCUT2D eigenvalue weighted by Crippen LogP contribution is -2.12.